The summed E-state index contributed by atoms with van der Waals surface area (Å²) in [5, 5.41) is 3.46. The Labute approximate surface area is 147 Å². The van der Waals surface area contributed by atoms with Gasteiger partial charge in [-0.25, -0.2) is 0 Å². The van der Waals surface area contributed by atoms with Crippen molar-refractivity contribution in [3.63, 3.8) is 0 Å². The minimum absolute atomic E-state index is 0.332. The molecule has 0 amide bonds. The minimum Gasteiger partial charge on any atom is -0.376 e. The van der Waals surface area contributed by atoms with Crippen LogP contribution in [0.25, 0.3) is 0 Å². The van der Waals surface area contributed by atoms with Gasteiger partial charge in [-0.2, -0.15) is 0 Å². The summed E-state index contributed by atoms with van der Waals surface area (Å²) in [6.45, 7) is 7.85. The van der Waals surface area contributed by atoms with Crippen molar-refractivity contribution in [2.75, 3.05) is 39.4 Å². The van der Waals surface area contributed by atoms with Gasteiger partial charge in [-0.05, 0) is 51.4 Å². The summed E-state index contributed by atoms with van der Waals surface area (Å²) >= 11 is 0. The standard InChI is InChI=1S/C19H35N3O2/c1-2-20-19(21-11-8-16-6-7-16)22-12-9-17(10-13-22)24-15-18-5-3-4-14-23-18/h16-18H,2-15H2,1H3,(H,20,21). The number of hydrogen-bond donors (Lipinski definition) is 1. The number of piperidine rings is 1. The molecule has 5 nitrogen and oxygen atoms in total. The lowest BCUT2D eigenvalue weighted by Gasteiger charge is -2.35. The zero-order valence-electron chi connectivity index (χ0n) is 15.3. The van der Waals surface area contributed by atoms with Crippen molar-refractivity contribution < 1.29 is 9.47 Å². The van der Waals surface area contributed by atoms with Gasteiger partial charge >= 0.3 is 0 Å². The molecule has 1 N–H and O–H groups in total. The van der Waals surface area contributed by atoms with Gasteiger partial charge in [-0.1, -0.05) is 12.8 Å². The van der Waals surface area contributed by atoms with Gasteiger partial charge in [0.15, 0.2) is 5.96 Å². The highest BCUT2D eigenvalue weighted by Crippen LogP contribution is 2.32. The molecule has 5 heteroatoms. The predicted molar refractivity (Wildman–Crippen MR) is 97.5 cm³/mol. The molecule has 138 valence electrons. The summed E-state index contributed by atoms with van der Waals surface area (Å²) in [7, 11) is 0. The monoisotopic (exact) mass is 337 g/mol. The van der Waals surface area contributed by atoms with Crippen molar-refractivity contribution in [3.8, 4) is 0 Å². The van der Waals surface area contributed by atoms with Crippen LogP contribution in [0.2, 0.25) is 0 Å². The van der Waals surface area contributed by atoms with Gasteiger partial charge in [-0.3, -0.25) is 4.99 Å². The van der Waals surface area contributed by atoms with E-state index in [4.69, 9.17) is 14.5 Å². The Morgan fingerprint density at radius 1 is 1.17 bits per heavy atom. The molecule has 2 aliphatic heterocycles. The Hall–Kier alpha value is -0.810. The molecule has 0 aromatic carbocycles. The summed E-state index contributed by atoms with van der Waals surface area (Å²) in [6.07, 6.45) is 10.7. The van der Waals surface area contributed by atoms with Crippen LogP contribution >= 0.6 is 0 Å². The topological polar surface area (TPSA) is 46.1 Å². The van der Waals surface area contributed by atoms with Crippen LogP contribution in [-0.4, -0.2) is 62.5 Å². The summed E-state index contributed by atoms with van der Waals surface area (Å²) in [4.78, 5) is 7.24. The molecule has 1 saturated carbocycles. The minimum atomic E-state index is 0.332. The van der Waals surface area contributed by atoms with E-state index in [0.717, 1.165) is 70.5 Å². The van der Waals surface area contributed by atoms with Crippen LogP contribution in [0.1, 0.15) is 58.3 Å². The van der Waals surface area contributed by atoms with E-state index >= 15 is 0 Å². The zero-order valence-corrected chi connectivity index (χ0v) is 15.3. The number of ether oxygens (including phenoxy) is 2. The highest BCUT2D eigenvalue weighted by Gasteiger charge is 2.24. The zero-order chi connectivity index (χ0) is 16.6. The maximum atomic E-state index is 6.12. The third-order valence-corrected chi connectivity index (χ3v) is 5.36. The number of nitrogens with zero attached hydrogens (tertiary/aromatic N) is 2. The van der Waals surface area contributed by atoms with E-state index in [2.05, 4.69) is 17.1 Å². The van der Waals surface area contributed by atoms with Gasteiger partial charge in [0, 0.05) is 32.8 Å². The number of rotatable bonds is 7. The molecule has 3 rings (SSSR count). The molecule has 0 spiro atoms. The lowest BCUT2D eigenvalue weighted by atomic mass is 10.1. The first-order valence-electron chi connectivity index (χ1n) is 10.1. The Balaban J connectivity index is 1.37. The fourth-order valence-electron chi connectivity index (χ4n) is 3.60. The normalized spacial score (nSPS) is 26.6. The van der Waals surface area contributed by atoms with Gasteiger partial charge in [0.1, 0.15) is 0 Å². The van der Waals surface area contributed by atoms with E-state index in [1.54, 1.807) is 0 Å². The molecule has 0 aromatic rings. The maximum Gasteiger partial charge on any atom is 0.193 e. The second kappa shape index (κ2) is 9.62. The molecule has 1 atom stereocenters. The summed E-state index contributed by atoms with van der Waals surface area (Å²) in [5.74, 6) is 2.06. The molecule has 1 aliphatic carbocycles. The fraction of sp³-hybridized carbons (Fsp3) is 0.947. The van der Waals surface area contributed by atoms with Crippen molar-refractivity contribution in [2.24, 2.45) is 10.9 Å². The Bertz CT molecular complexity index is 384. The molecule has 2 saturated heterocycles. The second-order valence-corrected chi connectivity index (χ2v) is 7.48. The van der Waals surface area contributed by atoms with Crippen molar-refractivity contribution in [3.05, 3.63) is 0 Å². The van der Waals surface area contributed by atoms with Gasteiger partial charge in [0.2, 0.25) is 0 Å². The van der Waals surface area contributed by atoms with Crippen molar-refractivity contribution in [1.82, 2.24) is 10.2 Å². The van der Waals surface area contributed by atoms with Gasteiger partial charge < -0.3 is 19.7 Å². The number of nitrogens with one attached hydrogen (secondary N) is 1. The Morgan fingerprint density at radius 3 is 2.67 bits per heavy atom. The fourth-order valence-corrected chi connectivity index (χ4v) is 3.60. The van der Waals surface area contributed by atoms with Crippen LogP contribution in [0, 0.1) is 5.92 Å². The van der Waals surface area contributed by atoms with Gasteiger partial charge in [0.05, 0.1) is 18.8 Å². The number of aliphatic imine (C=N–C) groups is 1. The third kappa shape index (κ3) is 5.92. The molecule has 0 bridgehead atoms. The van der Waals surface area contributed by atoms with Crippen molar-refractivity contribution >= 4 is 5.96 Å². The van der Waals surface area contributed by atoms with Crippen LogP contribution in [-0.2, 0) is 9.47 Å². The molecule has 0 radical (unpaired) electrons. The van der Waals surface area contributed by atoms with Gasteiger partial charge in [-0.15, -0.1) is 0 Å². The second-order valence-electron chi connectivity index (χ2n) is 7.48. The highest BCUT2D eigenvalue weighted by molar-refractivity contribution is 5.80. The Kier molecular flexibility index (Phi) is 7.21. The number of guanidine groups is 1. The third-order valence-electron chi connectivity index (χ3n) is 5.36. The van der Waals surface area contributed by atoms with E-state index in [-0.39, 0.29) is 0 Å². The molecule has 0 aromatic heterocycles. The van der Waals surface area contributed by atoms with E-state index < -0.39 is 0 Å². The largest absolute Gasteiger partial charge is 0.376 e. The van der Waals surface area contributed by atoms with E-state index in [0.29, 0.717) is 12.2 Å². The van der Waals surface area contributed by atoms with Gasteiger partial charge in [0.25, 0.3) is 0 Å². The SMILES string of the molecule is CCNC(=NCCC1CC1)N1CCC(OCC2CCCCO2)CC1. The highest BCUT2D eigenvalue weighted by atomic mass is 16.5. The molecule has 3 aliphatic rings. The average Bonchev–Trinajstić information content (AvgIpc) is 3.45. The van der Waals surface area contributed by atoms with Crippen molar-refractivity contribution in [2.45, 2.75) is 70.5 Å². The molecular weight excluding hydrogens is 302 g/mol. The first-order chi connectivity index (χ1) is 11.8. The molecule has 2 heterocycles. The lowest BCUT2D eigenvalue weighted by molar-refractivity contribution is -0.0721. The molecule has 24 heavy (non-hydrogen) atoms. The predicted octanol–water partition coefficient (Wildman–Crippen LogP) is 2.80. The first kappa shape index (κ1) is 18.0. The van der Waals surface area contributed by atoms with E-state index in [9.17, 15) is 0 Å². The molecular formula is C19H35N3O2. The van der Waals surface area contributed by atoms with Crippen LogP contribution in [0.5, 0.6) is 0 Å². The van der Waals surface area contributed by atoms with Crippen LogP contribution in [0.4, 0.5) is 0 Å². The summed E-state index contributed by atoms with van der Waals surface area (Å²) in [5.41, 5.74) is 0. The summed E-state index contributed by atoms with van der Waals surface area (Å²) in [6, 6.07) is 0. The smallest absolute Gasteiger partial charge is 0.193 e. The van der Waals surface area contributed by atoms with E-state index in [1.165, 1.54) is 32.1 Å². The van der Waals surface area contributed by atoms with Crippen molar-refractivity contribution in [1.29, 1.82) is 0 Å². The lowest BCUT2D eigenvalue weighted by Crippen LogP contribution is -2.47. The molecule has 3 fully saturated rings. The number of hydrogen-bond acceptors (Lipinski definition) is 3. The summed E-state index contributed by atoms with van der Waals surface area (Å²) < 4.78 is 11.9. The van der Waals surface area contributed by atoms with Crippen LogP contribution < -0.4 is 5.32 Å². The first-order valence-corrected chi connectivity index (χ1v) is 10.1. The number of likely N-dealkylation sites (tertiary alicyclic amines) is 1. The average molecular weight is 338 g/mol. The Morgan fingerprint density at radius 2 is 2.00 bits per heavy atom. The maximum absolute atomic E-state index is 6.12. The van der Waals surface area contributed by atoms with Crippen LogP contribution in [0.3, 0.4) is 0 Å². The molecule has 1 unspecified atom stereocenters. The van der Waals surface area contributed by atoms with E-state index in [1.807, 2.05) is 0 Å². The van der Waals surface area contributed by atoms with Crippen LogP contribution in [0.15, 0.2) is 4.99 Å². The quantitative estimate of drug-likeness (QED) is 0.573.